The molecule has 0 fully saturated rings. The lowest BCUT2D eigenvalue weighted by Gasteiger charge is -2.25. The van der Waals surface area contributed by atoms with Crippen molar-refractivity contribution >= 4 is 16.0 Å². The van der Waals surface area contributed by atoms with Gasteiger partial charge in [0.15, 0.2) is 11.8 Å². The van der Waals surface area contributed by atoms with Crippen LogP contribution >= 0.6 is 0 Å². The molecule has 2 rings (SSSR count). The first kappa shape index (κ1) is 20.6. The Morgan fingerprint density at radius 2 is 2.23 bits per heavy atom. The van der Waals surface area contributed by atoms with Crippen molar-refractivity contribution in [3.05, 3.63) is 11.6 Å². The highest BCUT2D eigenvalue weighted by Crippen LogP contribution is 2.13. The number of fused-ring (bicyclic) bond motifs is 1. The highest BCUT2D eigenvalue weighted by molar-refractivity contribution is 7.89. The van der Waals surface area contributed by atoms with Gasteiger partial charge in [-0.1, -0.05) is 0 Å². The number of hydrogen-bond donors (Lipinski definition) is 3. The summed E-state index contributed by atoms with van der Waals surface area (Å²) in [5, 5.41) is 11.1. The second kappa shape index (κ2) is 9.83. The van der Waals surface area contributed by atoms with Gasteiger partial charge in [0.25, 0.3) is 0 Å². The predicted octanol–water partition coefficient (Wildman–Crippen LogP) is -0.766. The molecule has 0 spiro atoms. The van der Waals surface area contributed by atoms with Crippen molar-refractivity contribution in [1.29, 1.82) is 0 Å². The zero-order valence-electron chi connectivity index (χ0n) is 15.7. The first-order valence-electron chi connectivity index (χ1n) is 8.83. The normalized spacial score (nSPS) is 17.8. The van der Waals surface area contributed by atoms with Crippen LogP contribution in [-0.2, 0) is 34.3 Å². The number of nitrogens with zero attached hydrogens (tertiary/aromatic N) is 4. The Hall–Kier alpha value is -1.72. The maximum absolute atomic E-state index is 11.4. The van der Waals surface area contributed by atoms with Gasteiger partial charge in [0, 0.05) is 39.7 Å². The summed E-state index contributed by atoms with van der Waals surface area (Å²) in [5.41, 5.74) is 0. The minimum Gasteiger partial charge on any atom is -0.377 e. The molecule has 0 saturated heterocycles. The van der Waals surface area contributed by atoms with Crippen LogP contribution in [0.2, 0.25) is 0 Å². The van der Waals surface area contributed by atoms with Crippen LogP contribution in [0.1, 0.15) is 31.4 Å². The third kappa shape index (κ3) is 6.22. The van der Waals surface area contributed by atoms with Crippen molar-refractivity contribution in [1.82, 2.24) is 30.1 Å². The van der Waals surface area contributed by atoms with Crippen LogP contribution in [0.3, 0.4) is 0 Å². The highest BCUT2D eigenvalue weighted by atomic mass is 32.2. The molecule has 0 radical (unpaired) electrons. The van der Waals surface area contributed by atoms with Crippen molar-refractivity contribution in [2.45, 2.75) is 45.4 Å². The maximum atomic E-state index is 11.4. The van der Waals surface area contributed by atoms with E-state index in [1.54, 1.807) is 21.1 Å². The van der Waals surface area contributed by atoms with Crippen molar-refractivity contribution in [3.8, 4) is 0 Å². The number of hydrogen-bond acceptors (Lipinski definition) is 6. The largest absolute Gasteiger partial charge is 0.377 e. The van der Waals surface area contributed by atoms with Crippen LogP contribution in [0.25, 0.3) is 0 Å². The molecular weight excluding hydrogens is 358 g/mol. The number of nitrogens with one attached hydrogen (secondary N) is 3. The summed E-state index contributed by atoms with van der Waals surface area (Å²) in [4.78, 5) is 8.69. The number of rotatable bonds is 9. The summed E-state index contributed by atoms with van der Waals surface area (Å²) in [6, 6.07) is 0.212. The Balaban J connectivity index is 1.74. The molecule has 148 valence electrons. The predicted molar refractivity (Wildman–Crippen MR) is 99.4 cm³/mol. The number of aromatic nitrogens is 3. The highest BCUT2D eigenvalue weighted by Gasteiger charge is 2.22. The van der Waals surface area contributed by atoms with Crippen LogP contribution in [0, 0.1) is 0 Å². The number of ether oxygens (including phenoxy) is 1. The molecule has 1 unspecified atom stereocenters. The van der Waals surface area contributed by atoms with E-state index < -0.39 is 10.0 Å². The van der Waals surface area contributed by atoms with Crippen LogP contribution in [0.15, 0.2) is 4.99 Å². The van der Waals surface area contributed by atoms with Gasteiger partial charge in [0.1, 0.15) is 12.4 Å². The molecule has 2 heterocycles. The smallest absolute Gasteiger partial charge is 0.211 e. The summed E-state index contributed by atoms with van der Waals surface area (Å²) in [7, 11) is 0.223. The van der Waals surface area contributed by atoms with E-state index >= 15 is 0 Å². The molecule has 1 atom stereocenters. The molecule has 1 aliphatic heterocycles. The Labute approximate surface area is 154 Å². The number of methoxy groups -OCH3 is 1. The van der Waals surface area contributed by atoms with Gasteiger partial charge in [-0.3, -0.25) is 4.99 Å². The Morgan fingerprint density at radius 1 is 1.42 bits per heavy atom. The Morgan fingerprint density at radius 3 is 2.92 bits per heavy atom. The molecule has 0 aliphatic carbocycles. The summed E-state index contributed by atoms with van der Waals surface area (Å²) in [6.45, 7) is 3.81. The van der Waals surface area contributed by atoms with E-state index in [4.69, 9.17) is 4.74 Å². The first-order chi connectivity index (χ1) is 12.5. The topological polar surface area (TPSA) is 123 Å². The number of aryl methyl sites for hydroxylation is 1. The summed E-state index contributed by atoms with van der Waals surface area (Å²) in [6.07, 6.45) is 2.48. The molecule has 26 heavy (non-hydrogen) atoms. The summed E-state index contributed by atoms with van der Waals surface area (Å²) < 4.78 is 32.3. The standard InChI is InChI=1S/C15H29N7O3S/c1-4-26(23,24)18-9-5-8-17-15(16-2)19-12-6-7-14-20-13(11-25-3)21-22(14)10-12/h12,18H,4-11H2,1-3H3,(H2,16,17,19). The minimum atomic E-state index is -3.13. The first-order valence-corrected chi connectivity index (χ1v) is 10.5. The fraction of sp³-hybridized carbons (Fsp3) is 0.800. The van der Waals surface area contributed by atoms with Gasteiger partial charge in [0.05, 0.1) is 12.3 Å². The molecule has 3 N–H and O–H groups in total. The zero-order chi connectivity index (χ0) is 19.0. The molecule has 0 bridgehead atoms. The Bertz CT molecular complexity index is 702. The monoisotopic (exact) mass is 387 g/mol. The number of guanidine groups is 1. The average Bonchev–Trinajstić information content (AvgIpc) is 3.02. The van der Waals surface area contributed by atoms with Gasteiger partial charge in [0.2, 0.25) is 10.0 Å². The van der Waals surface area contributed by atoms with Crippen molar-refractivity contribution in [2.24, 2.45) is 4.99 Å². The lowest BCUT2D eigenvalue weighted by Crippen LogP contribution is -2.47. The fourth-order valence-corrected chi connectivity index (χ4v) is 3.34. The van der Waals surface area contributed by atoms with Crippen LogP contribution in [-0.4, -0.2) is 68.2 Å². The van der Waals surface area contributed by atoms with Crippen molar-refractivity contribution in [3.63, 3.8) is 0 Å². The van der Waals surface area contributed by atoms with E-state index in [9.17, 15) is 8.42 Å². The summed E-state index contributed by atoms with van der Waals surface area (Å²) in [5.74, 6) is 2.50. The summed E-state index contributed by atoms with van der Waals surface area (Å²) >= 11 is 0. The van der Waals surface area contributed by atoms with E-state index in [1.807, 2.05) is 4.68 Å². The quantitative estimate of drug-likeness (QED) is 0.289. The Kier molecular flexibility index (Phi) is 7.79. The molecule has 1 aromatic heterocycles. The van der Waals surface area contributed by atoms with Gasteiger partial charge < -0.3 is 15.4 Å². The average molecular weight is 388 g/mol. The van der Waals surface area contributed by atoms with E-state index in [1.165, 1.54) is 0 Å². The van der Waals surface area contributed by atoms with E-state index in [0.717, 1.165) is 25.2 Å². The molecule has 1 aliphatic rings. The molecule has 1 aromatic rings. The van der Waals surface area contributed by atoms with Gasteiger partial charge in [-0.05, 0) is 19.8 Å². The molecule has 10 nitrogen and oxygen atoms in total. The minimum absolute atomic E-state index is 0.0989. The van der Waals surface area contributed by atoms with Gasteiger partial charge >= 0.3 is 0 Å². The zero-order valence-corrected chi connectivity index (χ0v) is 16.5. The lowest BCUT2D eigenvalue weighted by molar-refractivity contribution is 0.177. The second-order valence-electron chi connectivity index (χ2n) is 6.09. The van der Waals surface area contributed by atoms with Crippen LogP contribution in [0.5, 0.6) is 0 Å². The molecule has 0 saturated carbocycles. The van der Waals surface area contributed by atoms with E-state index in [-0.39, 0.29) is 11.8 Å². The third-order valence-electron chi connectivity index (χ3n) is 4.09. The molecule has 11 heteroatoms. The number of aliphatic imine (C=N–C) groups is 1. The maximum Gasteiger partial charge on any atom is 0.211 e. The second-order valence-corrected chi connectivity index (χ2v) is 8.19. The third-order valence-corrected chi connectivity index (χ3v) is 5.49. The number of sulfonamides is 1. The van der Waals surface area contributed by atoms with Crippen LogP contribution in [0.4, 0.5) is 0 Å². The lowest BCUT2D eigenvalue weighted by atomic mass is 10.1. The molecule has 0 amide bonds. The van der Waals surface area contributed by atoms with Gasteiger partial charge in [-0.15, -0.1) is 0 Å². The van der Waals surface area contributed by atoms with E-state index in [0.29, 0.717) is 37.9 Å². The van der Waals surface area contributed by atoms with Crippen molar-refractivity contribution < 1.29 is 13.2 Å². The fourth-order valence-electron chi connectivity index (χ4n) is 2.68. The van der Waals surface area contributed by atoms with E-state index in [2.05, 4.69) is 30.4 Å². The van der Waals surface area contributed by atoms with Gasteiger partial charge in [-0.25, -0.2) is 22.8 Å². The SMILES string of the molecule is CCS(=O)(=O)NCCCNC(=NC)NC1CCc2nc(COC)nn2C1. The molecule has 0 aromatic carbocycles. The van der Waals surface area contributed by atoms with Crippen molar-refractivity contribution in [2.75, 3.05) is 33.0 Å². The van der Waals surface area contributed by atoms with Gasteiger partial charge in [-0.2, -0.15) is 5.10 Å². The van der Waals surface area contributed by atoms with Crippen LogP contribution < -0.4 is 15.4 Å². The molecular formula is C15H29N7O3S.